The van der Waals surface area contributed by atoms with Gasteiger partial charge in [0.1, 0.15) is 0 Å². The maximum atomic E-state index is 13.0. The summed E-state index contributed by atoms with van der Waals surface area (Å²) in [5.74, 6) is 0.0433. The summed E-state index contributed by atoms with van der Waals surface area (Å²) >= 11 is 5.50. The van der Waals surface area contributed by atoms with Crippen LogP contribution in [0.2, 0.25) is 5.15 Å². The van der Waals surface area contributed by atoms with E-state index in [4.69, 9.17) is 16.3 Å². The van der Waals surface area contributed by atoms with Crippen molar-refractivity contribution < 1.29 is 9.13 Å². The summed E-state index contributed by atoms with van der Waals surface area (Å²) in [5, 5.41) is -0.152. The second-order valence-corrected chi connectivity index (χ2v) is 3.37. The Labute approximate surface area is 81.7 Å². The monoisotopic (exact) mass is 203 g/mol. The van der Waals surface area contributed by atoms with E-state index in [1.54, 1.807) is 0 Å². The molecule has 0 unspecified atom stereocenters. The van der Waals surface area contributed by atoms with Crippen molar-refractivity contribution in [3.05, 3.63) is 22.6 Å². The maximum Gasteiger partial charge on any atom is 0.218 e. The number of aromatic nitrogens is 1. The third-order valence-corrected chi connectivity index (χ3v) is 2.01. The van der Waals surface area contributed by atoms with Gasteiger partial charge in [0.2, 0.25) is 5.88 Å². The molecule has 1 heterocycles. The SMILES string of the molecule is COc1nc(Cl)c(F)cc1C(C)C. The lowest BCUT2D eigenvalue weighted by molar-refractivity contribution is 0.388. The van der Waals surface area contributed by atoms with E-state index in [0.29, 0.717) is 5.88 Å². The molecule has 13 heavy (non-hydrogen) atoms. The Bertz CT molecular complexity index is 315. The highest BCUT2D eigenvalue weighted by atomic mass is 35.5. The Morgan fingerprint density at radius 1 is 1.54 bits per heavy atom. The van der Waals surface area contributed by atoms with Gasteiger partial charge in [0.15, 0.2) is 11.0 Å². The zero-order chi connectivity index (χ0) is 10.0. The fraction of sp³-hybridized carbons (Fsp3) is 0.444. The molecular weight excluding hydrogens is 193 g/mol. The van der Waals surface area contributed by atoms with Crippen LogP contribution in [0.3, 0.4) is 0 Å². The minimum Gasteiger partial charge on any atom is -0.481 e. The molecule has 0 saturated carbocycles. The smallest absolute Gasteiger partial charge is 0.218 e. The molecule has 0 aliphatic heterocycles. The molecule has 2 nitrogen and oxygen atoms in total. The highest BCUT2D eigenvalue weighted by molar-refractivity contribution is 6.29. The molecule has 0 spiro atoms. The van der Waals surface area contributed by atoms with Crippen molar-refractivity contribution in [2.24, 2.45) is 0 Å². The van der Waals surface area contributed by atoms with E-state index >= 15 is 0 Å². The minimum absolute atomic E-state index is 0.152. The molecule has 0 atom stereocenters. The number of hydrogen-bond acceptors (Lipinski definition) is 2. The van der Waals surface area contributed by atoms with Crippen molar-refractivity contribution in [2.75, 3.05) is 7.11 Å². The first-order valence-electron chi connectivity index (χ1n) is 3.96. The normalized spacial score (nSPS) is 10.6. The van der Waals surface area contributed by atoms with Crippen LogP contribution in [0.1, 0.15) is 25.3 Å². The fourth-order valence-electron chi connectivity index (χ4n) is 1.04. The Kier molecular flexibility index (Phi) is 3.09. The standard InChI is InChI=1S/C9H11ClFNO/c1-5(2)6-4-7(11)8(10)12-9(6)13-3/h4-5H,1-3H3. The van der Waals surface area contributed by atoms with Crippen LogP contribution in [0.25, 0.3) is 0 Å². The number of halogens is 2. The van der Waals surface area contributed by atoms with Gasteiger partial charge in [-0.05, 0) is 12.0 Å². The molecule has 1 rings (SSSR count). The van der Waals surface area contributed by atoms with Gasteiger partial charge in [0, 0.05) is 5.56 Å². The molecular formula is C9H11ClFNO. The molecule has 72 valence electrons. The zero-order valence-corrected chi connectivity index (χ0v) is 8.52. The first kappa shape index (κ1) is 10.3. The highest BCUT2D eigenvalue weighted by Gasteiger charge is 2.13. The predicted molar refractivity (Wildman–Crippen MR) is 49.8 cm³/mol. The van der Waals surface area contributed by atoms with Crippen LogP contribution in [0.15, 0.2) is 6.07 Å². The van der Waals surface area contributed by atoms with Gasteiger partial charge in [-0.1, -0.05) is 25.4 Å². The molecule has 0 saturated heterocycles. The van der Waals surface area contributed by atoms with E-state index in [-0.39, 0.29) is 11.1 Å². The molecule has 0 aliphatic rings. The maximum absolute atomic E-state index is 13.0. The van der Waals surface area contributed by atoms with E-state index in [0.717, 1.165) is 5.56 Å². The Hall–Kier alpha value is -0.830. The van der Waals surface area contributed by atoms with Crippen LogP contribution >= 0.6 is 11.6 Å². The average Bonchev–Trinajstić information content (AvgIpc) is 2.08. The van der Waals surface area contributed by atoms with Crippen LogP contribution < -0.4 is 4.74 Å². The third kappa shape index (κ3) is 2.10. The van der Waals surface area contributed by atoms with E-state index in [1.165, 1.54) is 13.2 Å². The average molecular weight is 204 g/mol. The molecule has 0 aromatic carbocycles. The van der Waals surface area contributed by atoms with E-state index in [9.17, 15) is 4.39 Å². The van der Waals surface area contributed by atoms with E-state index in [2.05, 4.69) is 4.98 Å². The van der Waals surface area contributed by atoms with E-state index < -0.39 is 5.82 Å². The molecule has 1 aromatic heterocycles. The summed E-state index contributed by atoms with van der Waals surface area (Å²) in [5.41, 5.74) is 0.726. The van der Waals surface area contributed by atoms with Gasteiger partial charge in [-0.3, -0.25) is 0 Å². The molecule has 0 amide bonds. The Morgan fingerprint density at radius 2 is 2.15 bits per heavy atom. The van der Waals surface area contributed by atoms with Gasteiger partial charge in [-0.25, -0.2) is 4.39 Å². The van der Waals surface area contributed by atoms with Gasteiger partial charge >= 0.3 is 0 Å². The lowest BCUT2D eigenvalue weighted by Crippen LogP contribution is -1.99. The number of rotatable bonds is 2. The van der Waals surface area contributed by atoms with Gasteiger partial charge in [0.05, 0.1) is 7.11 Å². The number of ether oxygens (including phenoxy) is 1. The topological polar surface area (TPSA) is 22.1 Å². The summed E-state index contributed by atoms with van der Waals surface area (Å²) in [6.45, 7) is 3.87. The first-order chi connectivity index (χ1) is 6.06. The van der Waals surface area contributed by atoms with Crippen LogP contribution in [0.4, 0.5) is 4.39 Å². The lowest BCUT2D eigenvalue weighted by atomic mass is 10.1. The molecule has 4 heteroatoms. The Balaban J connectivity index is 3.25. The van der Waals surface area contributed by atoms with Gasteiger partial charge in [0.25, 0.3) is 0 Å². The molecule has 0 fully saturated rings. The van der Waals surface area contributed by atoms with Gasteiger partial charge in [-0.2, -0.15) is 4.98 Å². The van der Waals surface area contributed by atoms with Crippen molar-refractivity contribution >= 4 is 11.6 Å². The Morgan fingerprint density at radius 3 is 2.62 bits per heavy atom. The summed E-state index contributed by atoms with van der Waals surface area (Å²) in [7, 11) is 1.49. The zero-order valence-electron chi connectivity index (χ0n) is 7.77. The lowest BCUT2D eigenvalue weighted by Gasteiger charge is -2.10. The molecule has 0 radical (unpaired) electrons. The number of pyridine rings is 1. The fourth-order valence-corrected chi connectivity index (χ4v) is 1.17. The summed E-state index contributed by atoms with van der Waals surface area (Å²) in [6, 6.07) is 1.36. The van der Waals surface area contributed by atoms with Crippen molar-refractivity contribution in [3.63, 3.8) is 0 Å². The molecule has 1 aromatic rings. The van der Waals surface area contributed by atoms with Gasteiger partial charge < -0.3 is 4.74 Å². The van der Waals surface area contributed by atoms with Crippen LogP contribution in [-0.2, 0) is 0 Å². The van der Waals surface area contributed by atoms with Crippen LogP contribution in [-0.4, -0.2) is 12.1 Å². The van der Waals surface area contributed by atoms with E-state index in [1.807, 2.05) is 13.8 Å². The van der Waals surface area contributed by atoms with Crippen molar-refractivity contribution in [2.45, 2.75) is 19.8 Å². The second kappa shape index (κ2) is 3.92. The van der Waals surface area contributed by atoms with Crippen molar-refractivity contribution in [1.29, 1.82) is 0 Å². The quantitative estimate of drug-likeness (QED) is 0.690. The van der Waals surface area contributed by atoms with Crippen molar-refractivity contribution in [1.82, 2.24) is 4.98 Å². The van der Waals surface area contributed by atoms with Gasteiger partial charge in [-0.15, -0.1) is 0 Å². The highest BCUT2D eigenvalue weighted by Crippen LogP contribution is 2.27. The summed E-state index contributed by atoms with van der Waals surface area (Å²) in [6.07, 6.45) is 0. The molecule has 0 aliphatic carbocycles. The van der Waals surface area contributed by atoms with Crippen LogP contribution in [0, 0.1) is 5.82 Å². The van der Waals surface area contributed by atoms with Crippen molar-refractivity contribution in [3.8, 4) is 5.88 Å². The second-order valence-electron chi connectivity index (χ2n) is 3.01. The predicted octanol–water partition coefficient (Wildman–Crippen LogP) is 3.01. The first-order valence-corrected chi connectivity index (χ1v) is 4.34. The third-order valence-electron chi connectivity index (χ3n) is 1.74. The molecule has 0 bridgehead atoms. The number of methoxy groups -OCH3 is 1. The number of hydrogen-bond donors (Lipinski definition) is 0. The molecule has 0 N–H and O–H groups in total. The summed E-state index contributed by atoms with van der Waals surface area (Å²) in [4.78, 5) is 3.78. The summed E-state index contributed by atoms with van der Waals surface area (Å²) < 4.78 is 18.0. The largest absolute Gasteiger partial charge is 0.481 e. The number of nitrogens with zero attached hydrogens (tertiary/aromatic N) is 1. The minimum atomic E-state index is -0.508. The van der Waals surface area contributed by atoms with Crippen LogP contribution in [0.5, 0.6) is 5.88 Å².